The largest absolute Gasteiger partial charge is 0.457 e. The summed E-state index contributed by atoms with van der Waals surface area (Å²) >= 11 is 0. The molecule has 9 nitrogen and oxygen atoms in total. The van der Waals surface area contributed by atoms with Crippen molar-refractivity contribution in [3.63, 3.8) is 0 Å². The standard InChI is InChI=1S/C35H66O9/c1-3-5-7-9-11-13-14-15-16-17-19-21-23-25-41-27-29(43-31(37)24-22-20-18-12-10-8-6-4-2)28-42-35-34(40)33(39)32(38)30(26-36)44-35/h11,13,29-30,32-36,38-40H,3-10,12,14-28H2,1-2H3/b13-11-. The van der Waals surface area contributed by atoms with Gasteiger partial charge in [0.05, 0.1) is 19.8 Å². The van der Waals surface area contributed by atoms with Gasteiger partial charge in [0, 0.05) is 13.0 Å². The highest BCUT2D eigenvalue weighted by Gasteiger charge is 2.44. The van der Waals surface area contributed by atoms with E-state index < -0.39 is 43.4 Å². The van der Waals surface area contributed by atoms with E-state index in [1.54, 1.807) is 0 Å². The van der Waals surface area contributed by atoms with Crippen LogP contribution in [-0.4, -0.2) is 89.6 Å². The lowest BCUT2D eigenvalue weighted by molar-refractivity contribution is -0.305. The van der Waals surface area contributed by atoms with Gasteiger partial charge in [-0.3, -0.25) is 4.79 Å². The Morgan fingerprint density at radius 1 is 0.705 bits per heavy atom. The molecule has 0 aromatic heterocycles. The molecule has 0 aromatic carbocycles. The van der Waals surface area contributed by atoms with Crippen molar-refractivity contribution < 1.29 is 44.2 Å². The lowest BCUT2D eigenvalue weighted by Crippen LogP contribution is -2.59. The number of unbranched alkanes of at least 4 members (excludes halogenated alkanes) is 16. The first kappa shape index (κ1) is 41.0. The zero-order valence-electron chi connectivity index (χ0n) is 27.9. The number of allylic oxidation sites excluding steroid dienone is 2. The van der Waals surface area contributed by atoms with E-state index in [1.165, 1.54) is 89.9 Å². The lowest BCUT2D eigenvalue weighted by atomic mass is 9.99. The molecule has 6 unspecified atom stereocenters. The van der Waals surface area contributed by atoms with Gasteiger partial charge in [0.15, 0.2) is 6.29 Å². The Balaban J connectivity index is 2.35. The van der Waals surface area contributed by atoms with E-state index >= 15 is 0 Å². The molecule has 0 amide bonds. The maximum atomic E-state index is 12.6. The first-order valence-electron chi connectivity index (χ1n) is 17.8. The molecule has 1 saturated heterocycles. The van der Waals surface area contributed by atoms with E-state index in [9.17, 15) is 25.2 Å². The summed E-state index contributed by atoms with van der Waals surface area (Å²) in [6.45, 7) is 4.48. The number of carbonyl (C=O) groups is 1. The summed E-state index contributed by atoms with van der Waals surface area (Å²) in [6.07, 6.45) is 19.6. The van der Waals surface area contributed by atoms with Crippen molar-refractivity contribution in [3.8, 4) is 0 Å². The fourth-order valence-electron chi connectivity index (χ4n) is 5.31. The van der Waals surface area contributed by atoms with Crippen molar-refractivity contribution in [2.75, 3.05) is 26.4 Å². The van der Waals surface area contributed by atoms with Gasteiger partial charge < -0.3 is 39.4 Å². The smallest absolute Gasteiger partial charge is 0.306 e. The van der Waals surface area contributed by atoms with Gasteiger partial charge in [-0.1, -0.05) is 109 Å². The number of rotatable bonds is 29. The molecule has 1 aliphatic heterocycles. The molecule has 0 spiro atoms. The maximum absolute atomic E-state index is 12.6. The minimum atomic E-state index is -1.53. The Hall–Kier alpha value is -1.07. The summed E-state index contributed by atoms with van der Waals surface area (Å²) in [5, 5.41) is 39.8. The molecule has 260 valence electrons. The topological polar surface area (TPSA) is 135 Å². The number of aliphatic hydroxyl groups excluding tert-OH is 4. The normalized spacial score (nSPS) is 22.9. The first-order chi connectivity index (χ1) is 21.4. The highest BCUT2D eigenvalue weighted by molar-refractivity contribution is 5.69. The molecule has 0 saturated carbocycles. The first-order valence-corrected chi connectivity index (χ1v) is 17.8. The second-order valence-corrected chi connectivity index (χ2v) is 12.3. The summed E-state index contributed by atoms with van der Waals surface area (Å²) in [6, 6.07) is 0. The molecule has 6 atom stereocenters. The minimum Gasteiger partial charge on any atom is -0.457 e. The third kappa shape index (κ3) is 20.1. The Morgan fingerprint density at radius 3 is 1.89 bits per heavy atom. The maximum Gasteiger partial charge on any atom is 0.306 e. The van der Waals surface area contributed by atoms with Crippen LogP contribution in [0.3, 0.4) is 0 Å². The van der Waals surface area contributed by atoms with Gasteiger partial charge >= 0.3 is 5.97 Å². The predicted octanol–water partition coefficient (Wildman–Crippen LogP) is 6.13. The highest BCUT2D eigenvalue weighted by Crippen LogP contribution is 2.22. The third-order valence-electron chi connectivity index (χ3n) is 8.18. The van der Waals surface area contributed by atoms with Crippen LogP contribution in [0, 0.1) is 0 Å². The Labute approximate surface area is 267 Å². The molecule has 1 rings (SSSR count). The van der Waals surface area contributed by atoms with E-state index in [0.717, 1.165) is 32.1 Å². The van der Waals surface area contributed by atoms with Gasteiger partial charge in [0.2, 0.25) is 0 Å². The zero-order chi connectivity index (χ0) is 32.3. The summed E-state index contributed by atoms with van der Waals surface area (Å²) in [4.78, 5) is 12.6. The number of hydrogen-bond donors (Lipinski definition) is 4. The zero-order valence-corrected chi connectivity index (χ0v) is 27.9. The van der Waals surface area contributed by atoms with Gasteiger partial charge in [0.1, 0.15) is 30.5 Å². The van der Waals surface area contributed by atoms with Crippen molar-refractivity contribution in [2.45, 2.75) is 179 Å². The Bertz CT molecular complexity index is 687. The van der Waals surface area contributed by atoms with Crippen molar-refractivity contribution in [1.29, 1.82) is 0 Å². The third-order valence-corrected chi connectivity index (χ3v) is 8.18. The molecule has 0 bridgehead atoms. The predicted molar refractivity (Wildman–Crippen MR) is 173 cm³/mol. The second kappa shape index (κ2) is 28.2. The molecular weight excluding hydrogens is 564 g/mol. The van der Waals surface area contributed by atoms with E-state index in [1.807, 2.05) is 0 Å². The van der Waals surface area contributed by atoms with E-state index in [4.69, 9.17) is 18.9 Å². The molecule has 1 aliphatic rings. The number of ether oxygens (including phenoxy) is 4. The summed E-state index contributed by atoms with van der Waals surface area (Å²) in [5.74, 6) is -0.321. The van der Waals surface area contributed by atoms with Crippen LogP contribution in [0.15, 0.2) is 12.2 Å². The lowest BCUT2D eigenvalue weighted by Gasteiger charge is -2.39. The summed E-state index contributed by atoms with van der Waals surface area (Å²) in [5.41, 5.74) is 0. The summed E-state index contributed by atoms with van der Waals surface area (Å²) < 4.78 is 22.6. The van der Waals surface area contributed by atoms with Gasteiger partial charge in [-0.2, -0.15) is 0 Å². The van der Waals surface area contributed by atoms with Gasteiger partial charge in [-0.15, -0.1) is 0 Å². The second-order valence-electron chi connectivity index (χ2n) is 12.3. The molecule has 1 heterocycles. The molecule has 0 aromatic rings. The van der Waals surface area contributed by atoms with Crippen LogP contribution in [-0.2, 0) is 23.7 Å². The molecule has 1 fully saturated rings. The fraction of sp³-hybridized carbons (Fsp3) is 0.914. The number of hydrogen-bond acceptors (Lipinski definition) is 9. The average Bonchev–Trinajstić information content (AvgIpc) is 3.02. The molecule has 0 radical (unpaired) electrons. The molecular formula is C35H66O9. The van der Waals surface area contributed by atoms with Crippen molar-refractivity contribution >= 4 is 5.97 Å². The highest BCUT2D eigenvalue weighted by atomic mass is 16.7. The Kier molecular flexibility index (Phi) is 26.2. The SMILES string of the molecule is CCCCC/C=C\CCCCCCCCOCC(COC1OC(CO)C(O)C(O)C1O)OC(=O)CCCCCCCCCC. The van der Waals surface area contributed by atoms with Crippen molar-refractivity contribution in [3.05, 3.63) is 12.2 Å². The number of esters is 1. The minimum absolute atomic E-state index is 0.112. The van der Waals surface area contributed by atoms with Crippen LogP contribution >= 0.6 is 0 Å². The molecule has 9 heteroatoms. The fourth-order valence-corrected chi connectivity index (χ4v) is 5.31. The van der Waals surface area contributed by atoms with Crippen LogP contribution in [0.1, 0.15) is 142 Å². The quantitative estimate of drug-likeness (QED) is 0.0437. The summed E-state index contributed by atoms with van der Waals surface area (Å²) in [7, 11) is 0. The van der Waals surface area contributed by atoms with Crippen LogP contribution in [0.25, 0.3) is 0 Å². The Morgan fingerprint density at radius 2 is 1.25 bits per heavy atom. The van der Waals surface area contributed by atoms with Crippen LogP contribution in [0.4, 0.5) is 0 Å². The van der Waals surface area contributed by atoms with Gasteiger partial charge in [-0.05, 0) is 38.5 Å². The van der Waals surface area contributed by atoms with Crippen LogP contribution in [0.5, 0.6) is 0 Å². The van der Waals surface area contributed by atoms with Gasteiger partial charge in [-0.25, -0.2) is 0 Å². The average molecular weight is 631 g/mol. The van der Waals surface area contributed by atoms with E-state index in [0.29, 0.717) is 13.0 Å². The number of carbonyl (C=O) groups excluding carboxylic acids is 1. The van der Waals surface area contributed by atoms with Crippen molar-refractivity contribution in [2.24, 2.45) is 0 Å². The van der Waals surface area contributed by atoms with Gasteiger partial charge in [0.25, 0.3) is 0 Å². The monoisotopic (exact) mass is 630 g/mol. The molecule has 0 aliphatic carbocycles. The van der Waals surface area contributed by atoms with E-state index in [-0.39, 0.29) is 19.2 Å². The van der Waals surface area contributed by atoms with E-state index in [2.05, 4.69) is 26.0 Å². The number of aliphatic hydroxyl groups is 4. The van der Waals surface area contributed by atoms with Crippen LogP contribution < -0.4 is 0 Å². The molecule has 44 heavy (non-hydrogen) atoms. The van der Waals surface area contributed by atoms with Crippen molar-refractivity contribution in [1.82, 2.24) is 0 Å². The molecule has 4 N–H and O–H groups in total. The van der Waals surface area contributed by atoms with Crippen LogP contribution in [0.2, 0.25) is 0 Å².